The number of nitrogens with zero attached hydrogens (tertiary/aromatic N) is 3. The molecule has 0 bridgehead atoms. The van der Waals surface area contributed by atoms with Crippen molar-refractivity contribution in [1.82, 2.24) is 9.59 Å². The fourth-order valence-electron chi connectivity index (χ4n) is 3.03. The third-order valence-corrected chi connectivity index (χ3v) is 6.45. The summed E-state index contributed by atoms with van der Waals surface area (Å²) in [5, 5.41) is 16.7. The molecular weight excluding hydrogens is 384 g/mol. The van der Waals surface area contributed by atoms with Crippen molar-refractivity contribution in [3.8, 4) is 6.07 Å². The maximum atomic E-state index is 12.5. The highest BCUT2D eigenvalue weighted by molar-refractivity contribution is 7.16. The van der Waals surface area contributed by atoms with Gasteiger partial charge in [0.25, 0.3) is 5.91 Å². The molecule has 7 nitrogen and oxygen atoms in total. The van der Waals surface area contributed by atoms with Gasteiger partial charge >= 0.3 is 5.97 Å². The molecule has 1 atom stereocenters. The molecule has 0 aromatic carbocycles. The number of carbonyl (C=O) groups is 2. The van der Waals surface area contributed by atoms with Gasteiger partial charge in [-0.1, -0.05) is 17.8 Å². The summed E-state index contributed by atoms with van der Waals surface area (Å²) < 4.78 is 9.03. The van der Waals surface area contributed by atoms with Crippen LogP contribution in [0.15, 0.2) is 0 Å². The number of aryl methyl sites for hydroxylation is 2. The molecule has 0 saturated carbocycles. The molecule has 0 saturated heterocycles. The minimum absolute atomic E-state index is 0.317. The average Bonchev–Trinajstić information content (AvgIpc) is 3.19. The molecule has 0 fully saturated rings. The monoisotopic (exact) mass is 404 g/mol. The van der Waals surface area contributed by atoms with E-state index in [1.165, 1.54) is 23.1 Å². The smallest absolute Gasteiger partial charge is 0.352 e. The van der Waals surface area contributed by atoms with E-state index in [1.54, 1.807) is 0 Å². The van der Waals surface area contributed by atoms with E-state index >= 15 is 0 Å². The van der Waals surface area contributed by atoms with Crippen LogP contribution in [0.25, 0.3) is 0 Å². The number of ether oxygens (including phenoxy) is 1. The molecule has 0 radical (unpaired) electrons. The second-order valence-corrected chi connectivity index (χ2v) is 8.18. The first-order valence-corrected chi connectivity index (χ1v) is 10.5. The van der Waals surface area contributed by atoms with Gasteiger partial charge in [-0.15, -0.1) is 16.4 Å². The number of hydrogen-bond donors (Lipinski definition) is 1. The molecule has 2 heterocycles. The molecule has 1 amide bonds. The topological polar surface area (TPSA) is 105 Å². The summed E-state index contributed by atoms with van der Waals surface area (Å²) in [6, 6.07) is 2.23. The standard InChI is InChI=1S/C18H20N4O3S2/c1-3-13-15(27-22-21-13)18(24)25-10(2)16(23)20-17-12(9-19)11-7-5-4-6-8-14(11)26-17/h10H,3-8H2,1-2H3,(H,20,23)/t10-/m0/s1. The van der Waals surface area contributed by atoms with Gasteiger partial charge in [0.15, 0.2) is 11.0 Å². The van der Waals surface area contributed by atoms with Crippen LogP contribution in [-0.4, -0.2) is 27.6 Å². The summed E-state index contributed by atoms with van der Waals surface area (Å²) in [6.07, 6.45) is 4.70. The van der Waals surface area contributed by atoms with Gasteiger partial charge in [0.2, 0.25) is 0 Å². The van der Waals surface area contributed by atoms with E-state index in [9.17, 15) is 14.9 Å². The second kappa shape index (κ2) is 8.59. The average molecular weight is 405 g/mol. The van der Waals surface area contributed by atoms with E-state index in [0.717, 1.165) is 49.2 Å². The molecule has 1 aliphatic carbocycles. The first-order valence-electron chi connectivity index (χ1n) is 8.92. The fraction of sp³-hybridized carbons (Fsp3) is 0.500. The van der Waals surface area contributed by atoms with Crippen LogP contribution in [0, 0.1) is 11.3 Å². The van der Waals surface area contributed by atoms with E-state index in [0.29, 0.717) is 27.6 Å². The zero-order valence-corrected chi connectivity index (χ0v) is 16.8. The summed E-state index contributed by atoms with van der Waals surface area (Å²) >= 11 is 2.41. The summed E-state index contributed by atoms with van der Waals surface area (Å²) in [6.45, 7) is 3.38. The number of thiophene rings is 1. The van der Waals surface area contributed by atoms with Crippen LogP contribution in [-0.2, 0) is 28.8 Å². The highest BCUT2D eigenvalue weighted by Gasteiger charge is 2.26. The summed E-state index contributed by atoms with van der Waals surface area (Å²) in [4.78, 5) is 26.2. The van der Waals surface area contributed by atoms with Crippen molar-refractivity contribution in [2.24, 2.45) is 0 Å². The molecule has 27 heavy (non-hydrogen) atoms. The molecule has 9 heteroatoms. The van der Waals surface area contributed by atoms with E-state index in [4.69, 9.17) is 4.74 Å². The summed E-state index contributed by atoms with van der Waals surface area (Å²) in [5.41, 5.74) is 2.17. The largest absolute Gasteiger partial charge is 0.448 e. The molecular formula is C18H20N4O3S2. The molecule has 1 N–H and O–H groups in total. The van der Waals surface area contributed by atoms with E-state index in [2.05, 4.69) is 21.0 Å². The van der Waals surface area contributed by atoms with Crippen LogP contribution in [0.3, 0.4) is 0 Å². The van der Waals surface area contributed by atoms with Gasteiger partial charge in [-0.3, -0.25) is 4.79 Å². The van der Waals surface area contributed by atoms with Gasteiger partial charge in [0.1, 0.15) is 11.1 Å². The Labute approximate surface area is 165 Å². The number of aromatic nitrogens is 2. The third kappa shape index (κ3) is 4.17. The molecule has 1 aliphatic rings. The van der Waals surface area contributed by atoms with Crippen molar-refractivity contribution < 1.29 is 14.3 Å². The highest BCUT2D eigenvalue weighted by Crippen LogP contribution is 2.37. The highest BCUT2D eigenvalue weighted by atomic mass is 32.1. The van der Waals surface area contributed by atoms with Crippen LogP contribution < -0.4 is 5.32 Å². The number of hydrogen-bond acceptors (Lipinski definition) is 8. The molecule has 3 rings (SSSR count). The second-order valence-electron chi connectivity index (χ2n) is 6.32. The lowest BCUT2D eigenvalue weighted by molar-refractivity contribution is -0.123. The number of amides is 1. The quantitative estimate of drug-likeness (QED) is 0.604. The molecule has 2 aromatic heterocycles. The van der Waals surface area contributed by atoms with Crippen molar-refractivity contribution in [2.75, 3.05) is 5.32 Å². The molecule has 0 unspecified atom stereocenters. The first-order chi connectivity index (χ1) is 13.0. The maximum absolute atomic E-state index is 12.5. The Bertz CT molecular complexity index is 897. The van der Waals surface area contributed by atoms with Crippen LogP contribution >= 0.6 is 22.9 Å². The lowest BCUT2D eigenvalue weighted by Crippen LogP contribution is -2.30. The number of nitriles is 1. The Kier molecular flexibility index (Phi) is 6.19. The number of nitrogens with one attached hydrogen (secondary N) is 1. The van der Waals surface area contributed by atoms with Crippen molar-refractivity contribution in [3.63, 3.8) is 0 Å². The number of anilines is 1. The zero-order valence-electron chi connectivity index (χ0n) is 15.2. The fourth-order valence-corrected chi connectivity index (χ4v) is 4.90. The predicted octanol–water partition coefficient (Wildman–Crippen LogP) is 3.49. The Morgan fingerprint density at radius 2 is 2.11 bits per heavy atom. The number of rotatable bonds is 5. The van der Waals surface area contributed by atoms with Gasteiger partial charge in [0, 0.05) is 4.88 Å². The van der Waals surface area contributed by atoms with Crippen molar-refractivity contribution >= 4 is 39.7 Å². The maximum Gasteiger partial charge on any atom is 0.352 e. The van der Waals surface area contributed by atoms with Crippen LogP contribution in [0.2, 0.25) is 0 Å². The normalized spacial score (nSPS) is 14.6. The van der Waals surface area contributed by atoms with Gasteiger partial charge in [-0.25, -0.2) is 4.79 Å². The Balaban J connectivity index is 1.70. The van der Waals surface area contributed by atoms with Crippen molar-refractivity contribution in [2.45, 2.75) is 58.5 Å². The first kappa shape index (κ1) is 19.5. The summed E-state index contributed by atoms with van der Waals surface area (Å²) in [5.74, 6) is -1.06. The molecule has 0 spiro atoms. The van der Waals surface area contributed by atoms with Crippen LogP contribution in [0.1, 0.15) is 64.5 Å². The molecule has 142 valence electrons. The minimum atomic E-state index is -0.988. The van der Waals surface area contributed by atoms with Gasteiger partial charge < -0.3 is 10.1 Å². The van der Waals surface area contributed by atoms with E-state index < -0.39 is 18.0 Å². The van der Waals surface area contributed by atoms with Crippen LogP contribution in [0.5, 0.6) is 0 Å². The van der Waals surface area contributed by atoms with Gasteiger partial charge in [-0.05, 0) is 56.1 Å². The van der Waals surface area contributed by atoms with Gasteiger partial charge in [-0.2, -0.15) is 5.26 Å². The zero-order chi connectivity index (χ0) is 19.4. The number of esters is 1. The lowest BCUT2D eigenvalue weighted by atomic mass is 10.1. The van der Waals surface area contributed by atoms with Crippen molar-refractivity contribution in [1.29, 1.82) is 5.26 Å². The number of fused-ring (bicyclic) bond motifs is 1. The van der Waals surface area contributed by atoms with E-state index in [1.807, 2.05) is 6.92 Å². The third-order valence-electron chi connectivity index (χ3n) is 4.50. The van der Waals surface area contributed by atoms with Gasteiger partial charge in [0.05, 0.1) is 11.3 Å². The Morgan fingerprint density at radius 3 is 2.85 bits per heavy atom. The minimum Gasteiger partial charge on any atom is -0.448 e. The summed E-state index contributed by atoms with van der Waals surface area (Å²) in [7, 11) is 0. The SMILES string of the molecule is CCc1nnsc1C(=O)O[C@@H](C)C(=O)Nc1sc2c(c1C#N)CCCCC2. The molecule has 2 aromatic rings. The lowest BCUT2D eigenvalue weighted by Gasteiger charge is -2.12. The number of carbonyl (C=O) groups excluding carboxylic acids is 2. The van der Waals surface area contributed by atoms with Crippen LogP contribution in [0.4, 0.5) is 5.00 Å². The van der Waals surface area contributed by atoms with E-state index in [-0.39, 0.29) is 0 Å². The Morgan fingerprint density at radius 1 is 1.33 bits per heavy atom. The predicted molar refractivity (Wildman–Crippen MR) is 103 cm³/mol. The Hall–Kier alpha value is -2.31. The molecule has 0 aliphatic heterocycles. The van der Waals surface area contributed by atoms with Crippen molar-refractivity contribution in [3.05, 3.63) is 26.6 Å².